The Kier molecular flexibility index (Phi) is 3.03. The van der Waals surface area contributed by atoms with Crippen molar-refractivity contribution in [1.29, 1.82) is 0 Å². The summed E-state index contributed by atoms with van der Waals surface area (Å²) in [5, 5.41) is 0.833. The number of nitrogens with two attached hydrogens (primary N) is 1. The molecule has 2 rings (SSSR count). The summed E-state index contributed by atoms with van der Waals surface area (Å²) in [7, 11) is 0. The smallest absolute Gasteiger partial charge is 0.0459 e. The molecule has 1 aromatic carbocycles. The summed E-state index contributed by atoms with van der Waals surface area (Å²) in [6.07, 6.45) is 5.88. The van der Waals surface area contributed by atoms with E-state index >= 15 is 0 Å². The van der Waals surface area contributed by atoms with Gasteiger partial charge in [0.15, 0.2) is 0 Å². The van der Waals surface area contributed by atoms with E-state index in [0.717, 1.165) is 23.4 Å². The Labute approximate surface area is 96.6 Å². The SMILES string of the molecule is Cc1ccc(C2(N)CCCCC2)c(Cl)c1. The van der Waals surface area contributed by atoms with E-state index in [2.05, 4.69) is 19.1 Å². The van der Waals surface area contributed by atoms with Crippen molar-refractivity contribution in [3.63, 3.8) is 0 Å². The summed E-state index contributed by atoms with van der Waals surface area (Å²) in [5.41, 5.74) is 8.60. The first-order valence-corrected chi connectivity index (χ1v) is 6.05. The second-order valence-corrected chi connectivity index (χ2v) is 5.11. The summed E-state index contributed by atoms with van der Waals surface area (Å²) in [4.78, 5) is 0. The van der Waals surface area contributed by atoms with Crippen LogP contribution >= 0.6 is 11.6 Å². The van der Waals surface area contributed by atoms with E-state index in [1.54, 1.807) is 0 Å². The molecule has 1 aliphatic carbocycles. The van der Waals surface area contributed by atoms with Crippen LogP contribution in [0, 0.1) is 6.92 Å². The van der Waals surface area contributed by atoms with Crippen molar-refractivity contribution in [3.8, 4) is 0 Å². The molecule has 0 radical (unpaired) electrons. The minimum absolute atomic E-state index is 0.178. The van der Waals surface area contributed by atoms with Gasteiger partial charge in [-0.2, -0.15) is 0 Å². The molecule has 1 aromatic rings. The highest BCUT2D eigenvalue weighted by molar-refractivity contribution is 6.31. The van der Waals surface area contributed by atoms with Gasteiger partial charge in [-0.1, -0.05) is 43.0 Å². The fourth-order valence-corrected chi connectivity index (χ4v) is 2.90. The molecule has 1 fully saturated rings. The Morgan fingerprint density at radius 2 is 1.87 bits per heavy atom. The highest BCUT2D eigenvalue weighted by atomic mass is 35.5. The van der Waals surface area contributed by atoms with Crippen LogP contribution in [-0.4, -0.2) is 0 Å². The van der Waals surface area contributed by atoms with Crippen molar-refractivity contribution in [3.05, 3.63) is 34.3 Å². The van der Waals surface area contributed by atoms with Crippen LogP contribution in [0.5, 0.6) is 0 Å². The minimum atomic E-state index is -0.178. The summed E-state index contributed by atoms with van der Waals surface area (Å²) in [6.45, 7) is 2.06. The van der Waals surface area contributed by atoms with Crippen LogP contribution in [0.15, 0.2) is 18.2 Å². The van der Waals surface area contributed by atoms with Gasteiger partial charge in [0.2, 0.25) is 0 Å². The molecule has 0 bridgehead atoms. The maximum Gasteiger partial charge on any atom is 0.0459 e. The third kappa shape index (κ3) is 2.19. The van der Waals surface area contributed by atoms with Gasteiger partial charge in [-0.05, 0) is 37.0 Å². The molecule has 0 aromatic heterocycles. The average Bonchev–Trinajstić information content (AvgIpc) is 2.18. The normalized spacial score (nSPS) is 20.2. The number of rotatable bonds is 1. The van der Waals surface area contributed by atoms with Crippen molar-refractivity contribution in [2.45, 2.75) is 44.6 Å². The number of benzene rings is 1. The Morgan fingerprint density at radius 1 is 1.20 bits per heavy atom. The maximum absolute atomic E-state index is 6.45. The molecule has 0 amide bonds. The van der Waals surface area contributed by atoms with E-state index in [1.165, 1.54) is 24.8 Å². The van der Waals surface area contributed by atoms with Gasteiger partial charge in [0.1, 0.15) is 0 Å². The van der Waals surface area contributed by atoms with E-state index in [4.69, 9.17) is 17.3 Å². The lowest BCUT2D eigenvalue weighted by molar-refractivity contribution is 0.302. The van der Waals surface area contributed by atoms with Crippen LogP contribution in [0.25, 0.3) is 0 Å². The van der Waals surface area contributed by atoms with Gasteiger partial charge in [-0.3, -0.25) is 0 Å². The lowest BCUT2D eigenvalue weighted by Crippen LogP contribution is -2.38. The Morgan fingerprint density at radius 3 is 2.47 bits per heavy atom. The zero-order valence-electron chi connectivity index (χ0n) is 9.22. The highest BCUT2D eigenvalue weighted by Crippen LogP contribution is 2.38. The fourth-order valence-electron chi connectivity index (χ4n) is 2.48. The van der Waals surface area contributed by atoms with Crippen molar-refractivity contribution in [2.24, 2.45) is 5.73 Å². The first kappa shape index (κ1) is 11.0. The molecule has 2 heteroatoms. The van der Waals surface area contributed by atoms with Gasteiger partial charge in [0.05, 0.1) is 0 Å². The maximum atomic E-state index is 6.45. The zero-order chi connectivity index (χ0) is 10.9. The predicted octanol–water partition coefficient (Wildman–Crippen LogP) is 3.77. The molecular weight excluding hydrogens is 206 g/mol. The third-order valence-electron chi connectivity index (χ3n) is 3.41. The molecule has 15 heavy (non-hydrogen) atoms. The molecule has 0 aliphatic heterocycles. The highest BCUT2D eigenvalue weighted by Gasteiger charge is 2.30. The Hall–Kier alpha value is -0.530. The quantitative estimate of drug-likeness (QED) is 0.771. The Bertz CT molecular complexity index is 354. The minimum Gasteiger partial charge on any atom is -0.321 e. The predicted molar refractivity (Wildman–Crippen MR) is 65.1 cm³/mol. The summed E-state index contributed by atoms with van der Waals surface area (Å²) >= 11 is 6.27. The molecule has 0 spiro atoms. The fraction of sp³-hybridized carbons (Fsp3) is 0.538. The lowest BCUT2D eigenvalue weighted by atomic mass is 9.77. The standard InChI is InChI=1S/C13H18ClN/c1-10-5-6-11(12(14)9-10)13(15)7-3-2-4-8-13/h5-6,9H,2-4,7-8,15H2,1H3. The van der Waals surface area contributed by atoms with E-state index in [1.807, 2.05) is 6.07 Å². The van der Waals surface area contributed by atoms with E-state index in [0.29, 0.717) is 0 Å². The second-order valence-electron chi connectivity index (χ2n) is 4.70. The number of hydrogen-bond donors (Lipinski definition) is 1. The largest absolute Gasteiger partial charge is 0.321 e. The molecule has 0 heterocycles. The molecule has 1 saturated carbocycles. The van der Waals surface area contributed by atoms with E-state index < -0.39 is 0 Å². The summed E-state index contributed by atoms with van der Waals surface area (Å²) in [5.74, 6) is 0. The second kappa shape index (κ2) is 4.15. The van der Waals surface area contributed by atoms with Gasteiger partial charge < -0.3 is 5.73 Å². The lowest BCUT2D eigenvalue weighted by Gasteiger charge is -2.34. The third-order valence-corrected chi connectivity index (χ3v) is 3.72. The average molecular weight is 224 g/mol. The molecule has 0 atom stereocenters. The molecule has 1 aliphatic rings. The molecule has 2 N–H and O–H groups in total. The van der Waals surface area contributed by atoms with Crippen LogP contribution in [0.1, 0.15) is 43.2 Å². The van der Waals surface area contributed by atoms with Gasteiger partial charge in [0, 0.05) is 10.6 Å². The Balaban J connectivity index is 2.35. The molecule has 1 nitrogen and oxygen atoms in total. The summed E-state index contributed by atoms with van der Waals surface area (Å²) < 4.78 is 0. The first-order chi connectivity index (χ1) is 7.12. The van der Waals surface area contributed by atoms with Crippen molar-refractivity contribution < 1.29 is 0 Å². The number of halogens is 1. The van der Waals surface area contributed by atoms with E-state index in [-0.39, 0.29) is 5.54 Å². The van der Waals surface area contributed by atoms with Crippen molar-refractivity contribution in [1.82, 2.24) is 0 Å². The first-order valence-electron chi connectivity index (χ1n) is 5.67. The van der Waals surface area contributed by atoms with E-state index in [9.17, 15) is 0 Å². The van der Waals surface area contributed by atoms with Crippen LogP contribution in [-0.2, 0) is 5.54 Å². The van der Waals surface area contributed by atoms with Crippen LogP contribution in [0.2, 0.25) is 5.02 Å². The van der Waals surface area contributed by atoms with Crippen molar-refractivity contribution in [2.75, 3.05) is 0 Å². The molecule has 82 valence electrons. The molecular formula is C13H18ClN. The van der Waals surface area contributed by atoms with Gasteiger partial charge in [-0.25, -0.2) is 0 Å². The topological polar surface area (TPSA) is 26.0 Å². The van der Waals surface area contributed by atoms with Crippen LogP contribution in [0.4, 0.5) is 0 Å². The molecule has 0 saturated heterocycles. The number of aryl methyl sites for hydroxylation is 1. The van der Waals surface area contributed by atoms with Crippen LogP contribution in [0.3, 0.4) is 0 Å². The van der Waals surface area contributed by atoms with Gasteiger partial charge >= 0.3 is 0 Å². The zero-order valence-corrected chi connectivity index (χ0v) is 9.98. The van der Waals surface area contributed by atoms with Crippen molar-refractivity contribution >= 4 is 11.6 Å². The molecule has 0 unspecified atom stereocenters. The van der Waals surface area contributed by atoms with Gasteiger partial charge in [-0.15, -0.1) is 0 Å². The summed E-state index contributed by atoms with van der Waals surface area (Å²) in [6, 6.07) is 6.22. The van der Waals surface area contributed by atoms with Gasteiger partial charge in [0.25, 0.3) is 0 Å². The monoisotopic (exact) mass is 223 g/mol. The van der Waals surface area contributed by atoms with Crippen LogP contribution < -0.4 is 5.73 Å². The number of hydrogen-bond acceptors (Lipinski definition) is 1.